The molecule has 3 atom stereocenters. The first kappa shape index (κ1) is 12.3. The van der Waals surface area contributed by atoms with E-state index in [1.54, 1.807) is 7.11 Å². The normalized spacial score (nSPS) is 36.8. The highest BCUT2D eigenvalue weighted by atomic mass is 16.5. The molecule has 0 aromatic carbocycles. The first-order valence-electron chi connectivity index (χ1n) is 6.33. The molecule has 2 fully saturated rings. The van der Waals surface area contributed by atoms with E-state index in [1.807, 2.05) is 0 Å². The Morgan fingerprint density at radius 1 is 1.44 bits per heavy atom. The Kier molecular flexibility index (Phi) is 4.58. The Labute approximate surface area is 98.3 Å². The maximum atomic E-state index is 5.61. The van der Waals surface area contributed by atoms with Gasteiger partial charge in [-0.15, -0.1) is 0 Å². The van der Waals surface area contributed by atoms with Gasteiger partial charge in [0.25, 0.3) is 0 Å². The maximum absolute atomic E-state index is 5.61. The van der Waals surface area contributed by atoms with Crippen LogP contribution in [0.5, 0.6) is 0 Å². The third-order valence-electron chi connectivity index (χ3n) is 3.89. The summed E-state index contributed by atoms with van der Waals surface area (Å²) in [6.45, 7) is 5.04. The van der Waals surface area contributed by atoms with Gasteiger partial charge in [-0.1, -0.05) is 0 Å². The molecule has 0 aromatic rings. The van der Waals surface area contributed by atoms with Gasteiger partial charge in [0, 0.05) is 32.3 Å². The van der Waals surface area contributed by atoms with Crippen molar-refractivity contribution in [3.8, 4) is 0 Å². The van der Waals surface area contributed by atoms with E-state index in [1.165, 1.54) is 19.5 Å². The Hall–Kier alpha value is -0.160. The quantitative estimate of drug-likeness (QED) is 0.752. The number of hydrogen-bond acceptors (Lipinski definition) is 4. The van der Waals surface area contributed by atoms with Gasteiger partial charge in [0.15, 0.2) is 0 Å². The molecule has 4 heteroatoms. The monoisotopic (exact) mass is 228 g/mol. The van der Waals surface area contributed by atoms with Crippen molar-refractivity contribution >= 4 is 0 Å². The van der Waals surface area contributed by atoms with Crippen LogP contribution in [0, 0.1) is 5.92 Å². The lowest BCUT2D eigenvalue weighted by Gasteiger charge is -2.37. The fourth-order valence-corrected chi connectivity index (χ4v) is 2.96. The molecule has 2 rings (SSSR count). The topological polar surface area (TPSA) is 33.7 Å². The van der Waals surface area contributed by atoms with Crippen molar-refractivity contribution < 1.29 is 9.47 Å². The molecular weight excluding hydrogens is 204 g/mol. The molecule has 0 radical (unpaired) electrons. The zero-order valence-corrected chi connectivity index (χ0v) is 10.4. The Morgan fingerprint density at radius 2 is 2.31 bits per heavy atom. The highest BCUT2D eigenvalue weighted by Crippen LogP contribution is 2.23. The molecule has 0 amide bonds. The van der Waals surface area contributed by atoms with E-state index >= 15 is 0 Å². The number of likely N-dealkylation sites (N-methyl/N-ethyl adjacent to an activating group) is 1. The minimum absolute atomic E-state index is 0.556. The molecule has 2 heterocycles. The van der Waals surface area contributed by atoms with Gasteiger partial charge >= 0.3 is 0 Å². The summed E-state index contributed by atoms with van der Waals surface area (Å²) in [4.78, 5) is 2.57. The van der Waals surface area contributed by atoms with Crippen molar-refractivity contribution in [2.75, 3.05) is 47.1 Å². The van der Waals surface area contributed by atoms with Crippen LogP contribution in [-0.2, 0) is 9.47 Å². The zero-order valence-electron chi connectivity index (χ0n) is 10.4. The van der Waals surface area contributed by atoms with Crippen molar-refractivity contribution in [2.24, 2.45) is 5.92 Å². The molecule has 0 aliphatic carbocycles. The Balaban J connectivity index is 1.86. The second-order valence-electron chi connectivity index (χ2n) is 4.93. The summed E-state index contributed by atoms with van der Waals surface area (Å²) < 4.78 is 10.8. The predicted octanol–water partition coefficient (Wildman–Crippen LogP) is 0.332. The number of ether oxygens (including phenoxy) is 2. The zero-order chi connectivity index (χ0) is 11.4. The number of methoxy groups -OCH3 is 1. The van der Waals surface area contributed by atoms with Crippen molar-refractivity contribution in [1.82, 2.24) is 10.2 Å². The molecule has 2 saturated heterocycles. The van der Waals surface area contributed by atoms with Gasteiger partial charge in [-0.3, -0.25) is 4.90 Å². The first-order chi connectivity index (χ1) is 7.85. The summed E-state index contributed by atoms with van der Waals surface area (Å²) in [6.07, 6.45) is 2.40. The lowest BCUT2D eigenvalue weighted by atomic mass is 10.0. The van der Waals surface area contributed by atoms with E-state index in [2.05, 4.69) is 17.3 Å². The maximum Gasteiger partial charge on any atom is 0.0637 e. The largest absolute Gasteiger partial charge is 0.384 e. The second kappa shape index (κ2) is 5.96. The average Bonchev–Trinajstić information content (AvgIpc) is 2.78. The predicted molar refractivity (Wildman–Crippen MR) is 63.6 cm³/mol. The van der Waals surface area contributed by atoms with Crippen LogP contribution in [0.3, 0.4) is 0 Å². The molecule has 2 aliphatic rings. The van der Waals surface area contributed by atoms with Crippen LogP contribution in [0.15, 0.2) is 0 Å². The summed E-state index contributed by atoms with van der Waals surface area (Å²) in [5.74, 6) is 0.712. The number of rotatable bonds is 4. The summed E-state index contributed by atoms with van der Waals surface area (Å²) in [5.41, 5.74) is 0. The Bertz CT molecular complexity index is 213. The molecule has 0 saturated carbocycles. The van der Waals surface area contributed by atoms with E-state index in [4.69, 9.17) is 9.47 Å². The number of likely N-dealkylation sites (tertiary alicyclic amines) is 1. The number of nitrogens with one attached hydrogen (secondary N) is 1. The molecule has 0 spiro atoms. The smallest absolute Gasteiger partial charge is 0.0637 e. The van der Waals surface area contributed by atoms with Gasteiger partial charge < -0.3 is 14.8 Å². The highest BCUT2D eigenvalue weighted by Gasteiger charge is 2.34. The number of nitrogens with zero attached hydrogens (tertiary/aromatic N) is 1. The van der Waals surface area contributed by atoms with Crippen LogP contribution < -0.4 is 5.32 Å². The van der Waals surface area contributed by atoms with Gasteiger partial charge in [-0.05, 0) is 32.4 Å². The molecule has 16 heavy (non-hydrogen) atoms. The molecular formula is C12H24N2O2. The fourth-order valence-electron chi connectivity index (χ4n) is 2.96. The van der Waals surface area contributed by atoms with Gasteiger partial charge in [0.05, 0.1) is 13.2 Å². The minimum Gasteiger partial charge on any atom is -0.384 e. The fraction of sp³-hybridized carbons (Fsp3) is 1.00. The van der Waals surface area contributed by atoms with Crippen LogP contribution >= 0.6 is 0 Å². The van der Waals surface area contributed by atoms with Gasteiger partial charge in [-0.25, -0.2) is 0 Å². The molecule has 3 unspecified atom stereocenters. The van der Waals surface area contributed by atoms with Crippen LogP contribution in [0.1, 0.15) is 12.8 Å². The highest BCUT2D eigenvalue weighted by molar-refractivity contribution is 4.90. The third-order valence-corrected chi connectivity index (χ3v) is 3.89. The van der Waals surface area contributed by atoms with Crippen LogP contribution in [0.4, 0.5) is 0 Å². The first-order valence-corrected chi connectivity index (χ1v) is 6.33. The van der Waals surface area contributed by atoms with Crippen molar-refractivity contribution in [1.29, 1.82) is 0 Å². The minimum atomic E-state index is 0.556. The van der Waals surface area contributed by atoms with Crippen molar-refractivity contribution in [3.05, 3.63) is 0 Å². The van der Waals surface area contributed by atoms with E-state index < -0.39 is 0 Å². The van der Waals surface area contributed by atoms with E-state index in [0.29, 0.717) is 18.0 Å². The standard InChI is InChI=1S/C12H24N2O2/c1-13-11-4-6-16-9-12(11)14-5-3-10(7-14)8-15-2/h10-13H,3-9H2,1-2H3. The van der Waals surface area contributed by atoms with Crippen LogP contribution in [0.2, 0.25) is 0 Å². The van der Waals surface area contributed by atoms with E-state index in [0.717, 1.165) is 26.2 Å². The van der Waals surface area contributed by atoms with E-state index in [-0.39, 0.29) is 0 Å². The molecule has 0 aromatic heterocycles. The average molecular weight is 228 g/mol. The SMILES string of the molecule is CNC1CCOCC1N1CCC(COC)C1. The van der Waals surface area contributed by atoms with Crippen molar-refractivity contribution in [2.45, 2.75) is 24.9 Å². The van der Waals surface area contributed by atoms with Crippen LogP contribution in [-0.4, -0.2) is 64.1 Å². The number of hydrogen-bond donors (Lipinski definition) is 1. The van der Waals surface area contributed by atoms with Crippen LogP contribution in [0.25, 0.3) is 0 Å². The summed E-state index contributed by atoms with van der Waals surface area (Å²) in [7, 11) is 3.86. The van der Waals surface area contributed by atoms with E-state index in [9.17, 15) is 0 Å². The molecule has 94 valence electrons. The molecule has 0 bridgehead atoms. The van der Waals surface area contributed by atoms with Gasteiger partial charge in [0.1, 0.15) is 0 Å². The third kappa shape index (κ3) is 2.74. The summed E-state index contributed by atoms with van der Waals surface area (Å²) in [5, 5.41) is 3.42. The van der Waals surface area contributed by atoms with Gasteiger partial charge in [-0.2, -0.15) is 0 Å². The molecule has 2 aliphatic heterocycles. The van der Waals surface area contributed by atoms with Gasteiger partial charge in [0.2, 0.25) is 0 Å². The molecule has 1 N–H and O–H groups in total. The summed E-state index contributed by atoms with van der Waals surface area (Å²) in [6, 6.07) is 1.15. The second-order valence-corrected chi connectivity index (χ2v) is 4.93. The Morgan fingerprint density at radius 3 is 3.06 bits per heavy atom. The molecule has 4 nitrogen and oxygen atoms in total. The lowest BCUT2D eigenvalue weighted by Crippen LogP contribution is -2.53. The van der Waals surface area contributed by atoms with Crippen molar-refractivity contribution in [3.63, 3.8) is 0 Å². The summed E-state index contributed by atoms with van der Waals surface area (Å²) >= 11 is 0. The lowest BCUT2D eigenvalue weighted by molar-refractivity contribution is 0.00446.